The predicted octanol–water partition coefficient (Wildman–Crippen LogP) is 4.65. The Balaban J connectivity index is 2.84. The Bertz CT molecular complexity index is 236. The zero-order chi connectivity index (χ0) is 12.1. The van der Waals surface area contributed by atoms with Crippen molar-refractivity contribution in [2.45, 2.75) is 53.6 Å². The van der Waals surface area contributed by atoms with E-state index in [0.717, 1.165) is 6.42 Å². The van der Waals surface area contributed by atoms with Crippen molar-refractivity contribution in [3.05, 3.63) is 0 Å². The highest BCUT2D eigenvalue weighted by Gasteiger charge is 2.65. The summed E-state index contributed by atoms with van der Waals surface area (Å²) < 4.78 is 38.2. The molecule has 1 saturated carbocycles. The monoisotopic (exact) mass is 222 g/mol. The van der Waals surface area contributed by atoms with Gasteiger partial charge in [0, 0.05) is 0 Å². The van der Waals surface area contributed by atoms with Crippen LogP contribution in [-0.2, 0) is 0 Å². The summed E-state index contributed by atoms with van der Waals surface area (Å²) in [5.41, 5.74) is -0.494. The Morgan fingerprint density at radius 1 is 1.27 bits per heavy atom. The molecule has 90 valence electrons. The number of rotatable bonds is 2. The molecule has 0 saturated heterocycles. The lowest BCUT2D eigenvalue weighted by molar-refractivity contribution is -0.191. The largest absolute Gasteiger partial charge is 0.392 e. The fourth-order valence-electron chi connectivity index (χ4n) is 2.99. The standard InChI is InChI=1S/C12H21F3/c1-6-11(8(2)12(13,14)15)7-9(11)10(3,4)5/h8-9H,6-7H2,1-5H3. The molecule has 0 radical (unpaired) electrons. The lowest BCUT2D eigenvalue weighted by Crippen LogP contribution is -2.32. The first-order valence-electron chi connectivity index (χ1n) is 5.62. The van der Waals surface area contributed by atoms with Crippen molar-refractivity contribution in [2.24, 2.45) is 22.7 Å². The van der Waals surface area contributed by atoms with Crippen molar-refractivity contribution < 1.29 is 13.2 Å². The third-order valence-corrected chi connectivity index (χ3v) is 4.18. The Kier molecular flexibility index (Phi) is 2.91. The second kappa shape index (κ2) is 3.39. The van der Waals surface area contributed by atoms with Crippen LogP contribution in [0.1, 0.15) is 47.5 Å². The maximum Gasteiger partial charge on any atom is 0.392 e. The molecule has 3 atom stereocenters. The van der Waals surface area contributed by atoms with Crippen molar-refractivity contribution in [2.75, 3.05) is 0 Å². The normalized spacial score (nSPS) is 34.0. The van der Waals surface area contributed by atoms with E-state index in [-0.39, 0.29) is 11.3 Å². The quantitative estimate of drug-likeness (QED) is 0.638. The summed E-state index contributed by atoms with van der Waals surface area (Å²) in [5.74, 6) is -0.953. The molecule has 0 spiro atoms. The number of hydrogen-bond donors (Lipinski definition) is 0. The van der Waals surface area contributed by atoms with Gasteiger partial charge in [-0.15, -0.1) is 0 Å². The molecule has 0 aromatic rings. The molecule has 0 aromatic carbocycles. The van der Waals surface area contributed by atoms with Crippen LogP contribution in [0.4, 0.5) is 13.2 Å². The summed E-state index contributed by atoms with van der Waals surface area (Å²) in [4.78, 5) is 0. The van der Waals surface area contributed by atoms with Gasteiger partial charge in [-0.3, -0.25) is 0 Å². The average molecular weight is 222 g/mol. The van der Waals surface area contributed by atoms with Gasteiger partial charge in [-0.05, 0) is 29.6 Å². The van der Waals surface area contributed by atoms with E-state index in [9.17, 15) is 13.2 Å². The van der Waals surface area contributed by atoms with Crippen LogP contribution in [0.15, 0.2) is 0 Å². The van der Waals surface area contributed by atoms with Crippen LogP contribution in [0.2, 0.25) is 0 Å². The first-order valence-corrected chi connectivity index (χ1v) is 5.62. The average Bonchev–Trinajstić information content (AvgIpc) is 2.76. The Labute approximate surface area is 90.2 Å². The van der Waals surface area contributed by atoms with E-state index >= 15 is 0 Å². The van der Waals surface area contributed by atoms with E-state index < -0.39 is 17.5 Å². The summed E-state index contributed by atoms with van der Waals surface area (Å²) in [6, 6.07) is 0. The van der Waals surface area contributed by atoms with Crippen LogP contribution < -0.4 is 0 Å². The molecular weight excluding hydrogens is 201 g/mol. The fourth-order valence-corrected chi connectivity index (χ4v) is 2.99. The maximum atomic E-state index is 12.7. The first kappa shape index (κ1) is 12.9. The van der Waals surface area contributed by atoms with E-state index in [0.29, 0.717) is 6.42 Å². The van der Waals surface area contributed by atoms with Crippen LogP contribution in [0.5, 0.6) is 0 Å². The molecule has 1 aliphatic carbocycles. The van der Waals surface area contributed by atoms with E-state index in [1.165, 1.54) is 6.92 Å². The third-order valence-electron chi connectivity index (χ3n) is 4.18. The third kappa shape index (κ3) is 2.16. The van der Waals surface area contributed by atoms with Crippen LogP contribution in [0, 0.1) is 22.7 Å². The second-order valence-corrected chi connectivity index (χ2v) is 5.97. The molecule has 3 unspecified atom stereocenters. The maximum absolute atomic E-state index is 12.7. The summed E-state index contributed by atoms with van der Waals surface area (Å²) in [5, 5.41) is 0. The van der Waals surface area contributed by atoms with Crippen LogP contribution in [0.25, 0.3) is 0 Å². The minimum Gasteiger partial charge on any atom is -0.171 e. The molecule has 1 fully saturated rings. The van der Waals surface area contributed by atoms with Gasteiger partial charge in [0.2, 0.25) is 0 Å². The van der Waals surface area contributed by atoms with E-state index in [4.69, 9.17) is 0 Å². The van der Waals surface area contributed by atoms with Gasteiger partial charge in [-0.25, -0.2) is 0 Å². The summed E-state index contributed by atoms with van der Waals surface area (Å²) in [6.07, 6.45) is -2.68. The molecule has 0 heterocycles. The topological polar surface area (TPSA) is 0 Å². The lowest BCUT2D eigenvalue weighted by Gasteiger charge is -2.30. The molecule has 0 nitrogen and oxygen atoms in total. The highest BCUT2D eigenvalue weighted by molar-refractivity contribution is 5.09. The lowest BCUT2D eigenvalue weighted by atomic mass is 9.77. The molecule has 0 aromatic heterocycles. The summed E-state index contributed by atoms with van der Waals surface area (Å²) >= 11 is 0. The fraction of sp³-hybridized carbons (Fsp3) is 1.00. The molecule has 0 aliphatic heterocycles. The molecule has 1 rings (SSSR count). The Hall–Kier alpha value is -0.210. The Morgan fingerprint density at radius 3 is 1.93 bits per heavy atom. The van der Waals surface area contributed by atoms with Crippen molar-refractivity contribution in [1.82, 2.24) is 0 Å². The molecular formula is C12H21F3. The minimum absolute atomic E-state index is 0.00444. The van der Waals surface area contributed by atoms with Gasteiger partial charge in [-0.2, -0.15) is 13.2 Å². The van der Waals surface area contributed by atoms with Crippen molar-refractivity contribution in [3.8, 4) is 0 Å². The van der Waals surface area contributed by atoms with Gasteiger partial charge in [0.25, 0.3) is 0 Å². The first-order chi connectivity index (χ1) is 6.55. The van der Waals surface area contributed by atoms with E-state index in [1.54, 1.807) is 0 Å². The number of hydrogen-bond acceptors (Lipinski definition) is 0. The van der Waals surface area contributed by atoms with Gasteiger partial charge in [0.05, 0.1) is 5.92 Å². The van der Waals surface area contributed by atoms with Gasteiger partial charge in [0.1, 0.15) is 0 Å². The van der Waals surface area contributed by atoms with E-state index in [2.05, 4.69) is 0 Å². The molecule has 0 N–H and O–H groups in total. The Morgan fingerprint density at radius 2 is 1.73 bits per heavy atom. The van der Waals surface area contributed by atoms with Gasteiger partial charge in [0.15, 0.2) is 0 Å². The van der Waals surface area contributed by atoms with Crippen LogP contribution >= 0.6 is 0 Å². The zero-order valence-electron chi connectivity index (χ0n) is 10.2. The number of alkyl halides is 3. The van der Waals surface area contributed by atoms with Gasteiger partial charge >= 0.3 is 6.18 Å². The van der Waals surface area contributed by atoms with Crippen LogP contribution in [0.3, 0.4) is 0 Å². The molecule has 0 bridgehead atoms. The van der Waals surface area contributed by atoms with Gasteiger partial charge in [-0.1, -0.05) is 34.6 Å². The summed E-state index contributed by atoms with van der Waals surface area (Å²) in [7, 11) is 0. The highest BCUT2D eigenvalue weighted by Crippen LogP contribution is 2.68. The zero-order valence-corrected chi connectivity index (χ0v) is 10.2. The van der Waals surface area contributed by atoms with E-state index in [1.807, 2.05) is 27.7 Å². The van der Waals surface area contributed by atoms with Crippen molar-refractivity contribution >= 4 is 0 Å². The molecule has 0 amide bonds. The predicted molar refractivity (Wildman–Crippen MR) is 55.5 cm³/mol. The highest BCUT2D eigenvalue weighted by atomic mass is 19.4. The molecule has 1 aliphatic rings. The van der Waals surface area contributed by atoms with Crippen LogP contribution in [-0.4, -0.2) is 6.18 Å². The van der Waals surface area contributed by atoms with Gasteiger partial charge < -0.3 is 0 Å². The number of halogens is 3. The smallest absolute Gasteiger partial charge is 0.171 e. The van der Waals surface area contributed by atoms with Crippen molar-refractivity contribution in [3.63, 3.8) is 0 Å². The molecule has 3 heteroatoms. The summed E-state index contributed by atoms with van der Waals surface area (Å²) in [6.45, 7) is 9.34. The molecule has 15 heavy (non-hydrogen) atoms. The van der Waals surface area contributed by atoms with Crippen molar-refractivity contribution in [1.29, 1.82) is 0 Å². The SMILES string of the molecule is CCC1(C(C)C(F)(F)F)CC1C(C)(C)C. The second-order valence-electron chi connectivity index (χ2n) is 5.97. The minimum atomic E-state index is -4.05.